The van der Waals surface area contributed by atoms with Gasteiger partial charge in [-0.25, -0.2) is 0 Å². The maximum absolute atomic E-state index is 5.93. The SMILES string of the molecule is CSC1C=C2C=CN([C@@H]3C[C@H]4CCN(C4)C3)C=C2O1. The van der Waals surface area contributed by atoms with Crippen LogP contribution >= 0.6 is 11.8 Å². The summed E-state index contributed by atoms with van der Waals surface area (Å²) in [6.45, 7) is 3.82. The van der Waals surface area contributed by atoms with Gasteiger partial charge in [0.25, 0.3) is 0 Å². The highest BCUT2D eigenvalue weighted by Gasteiger charge is 2.35. The van der Waals surface area contributed by atoms with E-state index in [-0.39, 0.29) is 5.44 Å². The topological polar surface area (TPSA) is 15.7 Å². The number of allylic oxidation sites excluding steroid dienone is 1. The van der Waals surface area contributed by atoms with Crippen molar-refractivity contribution >= 4 is 11.8 Å². The van der Waals surface area contributed by atoms with Crippen LogP contribution in [0.4, 0.5) is 0 Å². The summed E-state index contributed by atoms with van der Waals surface area (Å²) in [5.41, 5.74) is 1.44. The molecule has 4 aliphatic heterocycles. The van der Waals surface area contributed by atoms with E-state index in [0.29, 0.717) is 6.04 Å². The molecule has 0 radical (unpaired) electrons. The number of fused-ring (bicyclic) bond motifs is 3. The summed E-state index contributed by atoms with van der Waals surface area (Å²) in [5.74, 6) is 1.96. The van der Waals surface area contributed by atoms with E-state index in [0.717, 1.165) is 11.7 Å². The Morgan fingerprint density at radius 3 is 3.16 bits per heavy atom. The number of hydrogen-bond acceptors (Lipinski definition) is 4. The molecule has 0 aromatic carbocycles. The van der Waals surface area contributed by atoms with Gasteiger partial charge in [-0.1, -0.05) is 0 Å². The van der Waals surface area contributed by atoms with Gasteiger partial charge in [0.1, 0.15) is 5.76 Å². The summed E-state index contributed by atoms with van der Waals surface area (Å²) in [6, 6.07) is 0.628. The van der Waals surface area contributed by atoms with Gasteiger partial charge in [-0.15, -0.1) is 11.8 Å². The molecule has 3 nitrogen and oxygen atoms in total. The zero-order chi connectivity index (χ0) is 12.8. The van der Waals surface area contributed by atoms with Gasteiger partial charge in [-0.2, -0.15) is 0 Å². The third-order valence-corrected chi connectivity index (χ3v) is 5.33. The lowest BCUT2D eigenvalue weighted by molar-refractivity contribution is 0.165. The average molecular weight is 276 g/mol. The number of piperidine rings is 1. The zero-order valence-corrected chi connectivity index (χ0v) is 12.1. The van der Waals surface area contributed by atoms with E-state index in [1.807, 2.05) is 0 Å². The number of thioether (sulfide) groups is 1. The Morgan fingerprint density at radius 2 is 2.32 bits per heavy atom. The lowest BCUT2D eigenvalue weighted by atomic mass is 9.95. The van der Waals surface area contributed by atoms with Crippen molar-refractivity contribution in [2.75, 3.05) is 25.9 Å². The number of rotatable bonds is 2. The Hall–Kier alpha value is -0.870. The maximum Gasteiger partial charge on any atom is 0.163 e. The van der Waals surface area contributed by atoms with Crippen LogP contribution in [0.5, 0.6) is 0 Å². The second-order valence-corrected chi connectivity index (χ2v) is 6.84. The fourth-order valence-electron chi connectivity index (χ4n) is 3.63. The number of nitrogens with zero attached hydrogens (tertiary/aromatic N) is 2. The van der Waals surface area contributed by atoms with E-state index in [2.05, 4.69) is 40.6 Å². The predicted molar refractivity (Wildman–Crippen MR) is 78.5 cm³/mol. The molecule has 102 valence electrons. The molecule has 4 aliphatic rings. The van der Waals surface area contributed by atoms with Crippen LogP contribution in [0.2, 0.25) is 0 Å². The molecule has 0 aromatic rings. The first-order chi connectivity index (χ1) is 9.31. The van der Waals surface area contributed by atoms with E-state index in [1.165, 1.54) is 38.0 Å². The van der Waals surface area contributed by atoms with Crippen molar-refractivity contribution in [3.63, 3.8) is 0 Å². The largest absolute Gasteiger partial charge is 0.473 e. The van der Waals surface area contributed by atoms with Crippen molar-refractivity contribution in [1.29, 1.82) is 0 Å². The Bertz CT molecular complexity index is 459. The Balaban J connectivity index is 1.51. The van der Waals surface area contributed by atoms with Gasteiger partial charge in [-0.3, -0.25) is 0 Å². The van der Waals surface area contributed by atoms with E-state index in [9.17, 15) is 0 Å². The second-order valence-electron chi connectivity index (χ2n) is 5.90. The van der Waals surface area contributed by atoms with Gasteiger partial charge in [0.2, 0.25) is 0 Å². The van der Waals surface area contributed by atoms with Crippen molar-refractivity contribution < 1.29 is 4.74 Å². The van der Waals surface area contributed by atoms with Crippen LogP contribution in [0.25, 0.3) is 0 Å². The molecule has 0 spiro atoms. The fourth-order valence-corrected chi connectivity index (χ4v) is 4.11. The van der Waals surface area contributed by atoms with Gasteiger partial charge in [-0.05, 0) is 43.7 Å². The minimum atomic E-state index is 0.192. The Kier molecular flexibility index (Phi) is 2.88. The molecule has 0 aliphatic carbocycles. The van der Waals surface area contributed by atoms with E-state index < -0.39 is 0 Å². The van der Waals surface area contributed by atoms with Gasteiger partial charge in [0.05, 0.1) is 0 Å². The highest BCUT2D eigenvalue weighted by molar-refractivity contribution is 7.99. The van der Waals surface area contributed by atoms with Gasteiger partial charge < -0.3 is 14.5 Å². The Labute approximate surface area is 119 Å². The molecule has 0 saturated carbocycles. The lowest BCUT2D eigenvalue weighted by Gasteiger charge is -2.37. The molecule has 2 bridgehead atoms. The summed E-state index contributed by atoms with van der Waals surface area (Å²) in [7, 11) is 0. The van der Waals surface area contributed by atoms with Crippen LogP contribution in [0.3, 0.4) is 0 Å². The minimum Gasteiger partial charge on any atom is -0.473 e. The molecule has 2 unspecified atom stereocenters. The number of hydrogen-bond donors (Lipinski definition) is 0. The molecule has 0 N–H and O–H groups in total. The quantitative estimate of drug-likeness (QED) is 0.769. The summed E-state index contributed by atoms with van der Waals surface area (Å²) >= 11 is 1.75. The summed E-state index contributed by atoms with van der Waals surface area (Å²) in [6.07, 6.45) is 13.7. The summed E-state index contributed by atoms with van der Waals surface area (Å²) in [4.78, 5) is 4.98. The lowest BCUT2D eigenvalue weighted by Crippen LogP contribution is -2.43. The summed E-state index contributed by atoms with van der Waals surface area (Å²) < 4.78 is 5.93. The summed E-state index contributed by atoms with van der Waals surface area (Å²) in [5, 5.41) is 0. The van der Waals surface area contributed by atoms with E-state index in [4.69, 9.17) is 4.74 Å². The fraction of sp³-hybridized carbons (Fsp3) is 0.600. The molecule has 0 aromatic heterocycles. The third kappa shape index (κ3) is 2.11. The average Bonchev–Trinajstić information content (AvgIpc) is 3.00. The maximum atomic E-state index is 5.93. The zero-order valence-electron chi connectivity index (χ0n) is 11.3. The smallest absolute Gasteiger partial charge is 0.163 e. The highest BCUT2D eigenvalue weighted by Crippen LogP contribution is 2.35. The van der Waals surface area contributed by atoms with Crippen LogP contribution in [-0.2, 0) is 4.74 Å². The highest BCUT2D eigenvalue weighted by atomic mass is 32.2. The van der Waals surface area contributed by atoms with Crippen LogP contribution in [0.1, 0.15) is 12.8 Å². The monoisotopic (exact) mass is 276 g/mol. The van der Waals surface area contributed by atoms with Gasteiger partial charge in [0, 0.05) is 37.1 Å². The molecule has 0 amide bonds. The molecule has 2 saturated heterocycles. The van der Waals surface area contributed by atoms with E-state index in [1.54, 1.807) is 11.8 Å². The molecule has 4 atom stereocenters. The van der Waals surface area contributed by atoms with Crippen LogP contribution in [0, 0.1) is 5.92 Å². The molecule has 4 heteroatoms. The third-order valence-electron chi connectivity index (χ3n) is 4.63. The van der Waals surface area contributed by atoms with Crippen LogP contribution < -0.4 is 0 Å². The molecule has 19 heavy (non-hydrogen) atoms. The van der Waals surface area contributed by atoms with Gasteiger partial charge >= 0.3 is 0 Å². The normalized spacial score (nSPS) is 39.7. The molecular formula is C15H20N2OS. The van der Waals surface area contributed by atoms with E-state index >= 15 is 0 Å². The van der Waals surface area contributed by atoms with Crippen molar-refractivity contribution in [1.82, 2.24) is 9.80 Å². The van der Waals surface area contributed by atoms with Gasteiger partial charge in [0.15, 0.2) is 5.44 Å². The molecular weight excluding hydrogens is 256 g/mol. The first kappa shape index (κ1) is 11.9. The van der Waals surface area contributed by atoms with Crippen LogP contribution in [-0.4, -0.2) is 47.2 Å². The van der Waals surface area contributed by atoms with Crippen molar-refractivity contribution in [3.8, 4) is 0 Å². The second kappa shape index (κ2) is 4.60. The first-order valence-corrected chi connectivity index (χ1v) is 8.42. The molecule has 4 heterocycles. The van der Waals surface area contributed by atoms with Crippen molar-refractivity contribution in [2.45, 2.75) is 24.3 Å². The standard InChI is InChI=1S/C15H20N2OS/c1-19-15-7-12-3-5-17(10-14(12)18-15)13-6-11-2-4-16(8-11)9-13/h3,5,7,10-11,13,15H,2,4,6,8-9H2,1H3/t11-,13-,15?/m1/s1. The first-order valence-electron chi connectivity index (χ1n) is 7.13. The Morgan fingerprint density at radius 1 is 1.37 bits per heavy atom. The molecule has 4 rings (SSSR count). The predicted octanol–water partition coefficient (Wildman–Crippen LogP) is 2.40. The molecule has 2 fully saturated rings. The van der Waals surface area contributed by atoms with Crippen molar-refractivity contribution in [2.24, 2.45) is 5.92 Å². The minimum absolute atomic E-state index is 0.192. The van der Waals surface area contributed by atoms with Crippen LogP contribution in [0.15, 0.2) is 35.9 Å². The van der Waals surface area contributed by atoms with Crippen molar-refractivity contribution in [3.05, 3.63) is 35.9 Å². The number of ether oxygens (including phenoxy) is 1.